The summed E-state index contributed by atoms with van der Waals surface area (Å²) in [7, 11) is 0. The molecule has 2 rings (SSSR count). The van der Waals surface area contributed by atoms with Crippen LogP contribution < -0.4 is 16.6 Å². The summed E-state index contributed by atoms with van der Waals surface area (Å²) < 4.78 is 0. The third-order valence-corrected chi connectivity index (χ3v) is 3.53. The van der Waals surface area contributed by atoms with Crippen LogP contribution in [0.5, 0.6) is 0 Å². The Morgan fingerprint density at radius 2 is 1.76 bits per heavy atom. The van der Waals surface area contributed by atoms with Crippen molar-refractivity contribution in [3.63, 3.8) is 0 Å². The highest BCUT2D eigenvalue weighted by atomic mass is 16.6. The lowest BCUT2D eigenvalue weighted by Gasteiger charge is -2.14. The molecule has 0 aliphatic rings. The summed E-state index contributed by atoms with van der Waals surface area (Å²) in [5.41, 5.74) is 2.46. The summed E-state index contributed by atoms with van der Waals surface area (Å²) >= 11 is 0. The second-order valence-electron chi connectivity index (χ2n) is 5.32. The van der Waals surface area contributed by atoms with Gasteiger partial charge in [0.2, 0.25) is 0 Å². The number of anilines is 2. The van der Waals surface area contributed by atoms with Crippen molar-refractivity contribution in [2.24, 2.45) is 5.84 Å². The van der Waals surface area contributed by atoms with Crippen molar-refractivity contribution in [3.05, 3.63) is 67.3 Å². The number of nitro groups is 2. The summed E-state index contributed by atoms with van der Waals surface area (Å²) in [5, 5.41) is 25.2. The summed E-state index contributed by atoms with van der Waals surface area (Å²) in [6.07, 6.45) is 0. The SMILES string of the molecule is Cc1ccc(Nc2c(C(=O)NN)cc([N+](=O)[O-])cc2[N+](=O)[O-])c(C)c1. The Morgan fingerprint density at radius 3 is 2.28 bits per heavy atom. The molecule has 2 aromatic carbocycles. The quantitative estimate of drug-likeness (QED) is 0.325. The van der Waals surface area contributed by atoms with Crippen molar-refractivity contribution in [3.8, 4) is 0 Å². The average Bonchev–Trinajstić information content (AvgIpc) is 2.56. The first-order valence-corrected chi connectivity index (χ1v) is 7.06. The van der Waals surface area contributed by atoms with Gasteiger partial charge < -0.3 is 5.32 Å². The van der Waals surface area contributed by atoms with Crippen LogP contribution in [-0.4, -0.2) is 15.8 Å². The van der Waals surface area contributed by atoms with E-state index in [0.29, 0.717) is 5.69 Å². The number of nitrogen functional groups attached to an aromatic ring is 1. The molecule has 10 heteroatoms. The van der Waals surface area contributed by atoms with Crippen LogP contribution in [0.2, 0.25) is 0 Å². The molecule has 10 nitrogen and oxygen atoms in total. The molecule has 4 N–H and O–H groups in total. The van der Waals surface area contributed by atoms with E-state index in [0.717, 1.165) is 23.3 Å². The van der Waals surface area contributed by atoms with E-state index in [1.54, 1.807) is 19.1 Å². The van der Waals surface area contributed by atoms with Crippen LogP contribution in [0.15, 0.2) is 30.3 Å². The number of nitrogens with one attached hydrogen (secondary N) is 2. The zero-order valence-corrected chi connectivity index (χ0v) is 13.4. The maximum atomic E-state index is 12.0. The molecule has 0 bridgehead atoms. The third-order valence-electron chi connectivity index (χ3n) is 3.53. The van der Waals surface area contributed by atoms with Crippen molar-refractivity contribution < 1.29 is 14.6 Å². The topological polar surface area (TPSA) is 153 Å². The minimum Gasteiger partial charge on any atom is -0.349 e. The van der Waals surface area contributed by atoms with Crippen LogP contribution in [0.4, 0.5) is 22.7 Å². The fourth-order valence-corrected chi connectivity index (χ4v) is 2.34. The molecule has 0 aromatic heterocycles. The minimum atomic E-state index is -0.890. The van der Waals surface area contributed by atoms with Crippen LogP contribution in [-0.2, 0) is 0 Å². The maximum absolute atomic E-state index is 12.0. The normalized spacial score (nSPS) is 10.2. The zero-order chi connectivity index (χ0) is 18.7. The summed E-state index contributed by atoms with van der Waals surface area (Å²) in [5.74, 6) is 4.21. The fraction of sp³-hybridized carbons (Fsp3) is 0.133. The highest BCUT2D eigenvalue weighted by molar-refractivity contribution is 6.03. The highest BCUT2D eigenvalue weighted by Gasteiger charge is 2.27. The molecule has 0 aliphatic heterocycles. The minimum absolute atomic E-state index is 0.175. The van der Waals surface area contributed by atoms with Gasteiger partial charge in [0, 0.05) is 11.8 Å². The molecule has 0 aliphatic carbocycles. The van der Waals surface area contributed by atoms with E-state index < -0.39 is 27.1 Å². The van der Waals surface area contributed by atoms with Gasteiger partial charge in [-0.3, -0.25) is 30.4 Å². The Kier molecular flexibility index (Phi) is 4.94. The number of carbonyl (C=O) groups excluding carboxylic acids is 1. The molecule has 0 spiro atoms. The Balaban J connectivity index is 2.70. The lowest BCUT2D eigenvalue weighted by atomic mass is 10.1. The first kappa shape index (κ1) is 17.8. The maximum Gasteiger partial charge on any atom is 0.300 e. The van der Waals surface area contributed by atoms with E-state index in [4.69, 9.17) is 5.84 Å². The predicted octanol–water partition coefficient (Wildman–Crippen LogP) is 2.47. The van der Waals surface area contributed by atoms with Gasteiger partial charge in [-0.15, -0.1) is 0 Å². The van der Waals surface area contributed by atoms with E-state index in [1.165, 1.54) is 0 Å². The van der Waals surface area contributed by atoms with Gasteiger partial charge in [-0.05, 0) is 25.5 Å². The highest BCUT2D eigenvalue weighted by Crippen LogP contribution is 2.36. The van der Waals surface area contributed by atoms with Gasteiger partial charge in [0.15, 0.2) is 0 Å². The lowest BCUT2D eigenvalue weighted by Crippen LogP contribution is -2.30. The molecule has 0 saturated carbocycles. The van der Waals surface area contributed by atoms with Gasteiger partial charge >= 0.3 is 0 Å². The fourth-order valence-electron chi connectivity index (χ4n) is 2.34. The van der Waals surface area contributed by atoms with E-state index in [1.807, 2.05) is 18.4 Å². The number of aryl methyl sites for hydroxylation is 2. The standard InChI is InChI=1S/C15H15N5O5/c1-8-3-4-12(9(2)5-8)17-14-11(15(21)18-16)6-10(19(22)23)7-13(14)20(24)25/h3-7,17H,16H2,1-2H3,(H,18,21). The van der Waals surface area contributed by atoms with Crippen molar-refractivity contribution >= 4 is 28.7 Å². The summed E-state index contributed by atoms with van der Waals surface area (Å²) in [4.78, 5) is 32.7. The molecule has 0 atom stereocenters. The van der Waals surface area contributed by atoms with Crippen molar-refractivity contribution in [1.29, 1.82) is 0 Å². The van der Waals surface area contributed by atoms with Gasteiger partial charge in [0.1, 0.15) is 5.69 Å². The van der Waals surface area contributed by atoms with Gasteiger partial charge in [-0.1, -0.05) is 17.7 Å². The predicted molar refractivity (Wildman–Crippen MR) is 90.6 cm³/mol. The second kappa shape index (κ2) is 6.93. The van der Waals surface area contributed by atoms with Crippen LogP contribution in [0.25, 0.3) is 0 Å². The number of hydrogen-bond acceptors (Lipinski definition) is 7. The Bertz CT molecular complexity index is 881. The number of rotatable bonds is 5. The number of benzene rings is 2. The zero-order valence-electron chi connectivity index (χ0n) is 13.4. The van der Waals surface area contributed by atoms with Crippen molar-refractivity contribution in [2.75, 3.05) is 5.32 Å². The Labute approximate surface area is 141 Å². The van der Waals surface area contributed by atoms with Crippen LogP contribution >= 0.6 is 0 Å². The molecular weight excluding hydrogens is 330 g/mol. The van der Waals surface area contributed by atoms with Crippen LogP contribution in [0.1, 0.15) is 21.5 Å². The van der Waals surface area contributed by atoms with E-state index in [9.17, 15) is 25.0 Å². The molecule has 0 heterocycles. The van der Waals surface area contributed by atoms with Gasteiger partial charge in [-0.25, -0.2) is 5.84 Å². The summed E-state index contributed by atoms with van der Waals surface area (Å²) in [6.45, 7) is 3.67. The molecular formula is C15H15N5O5. The van der Waals surface area contributed by atoms with Gasteiger partial charge in [-0.2, -0.15) is 0 Å². The Morgan fingerprint density at radius 1 is 1.08 bits per heavy atom. The number of hydrogen-bond donors (Lipinski definition) is 3. The second-order valence-corrected chi connectivity index (χ2v) is 5.32. The molecule has 0 radical (unpaired) electrons. The van der Waals surface area contributed by atoms with Crippen molar-refractivity contribution in [1.82, 2.24) is 5.43 Å². The van der Waals surface area contributed by atoms with E-state index in [-0.39, 0.29) is 11.3 Å². The monoisotopic (exact) mass is 345 g/mol. The number of hydrazine groups is 1. The molecule has 1 amide bonds. The molecule has 0 unspecified atom stereocenters. The number of amides is 1. The van der Waals surface area contributed by atoms with E-state index in [2.05, 4.69) is 5.32 Å². The Hall–Kier alpha value is -3.53. The van der Waals surface area contributed by atoms with Crippen molar-refractivity contribution in [2.45, 2.75) is 13.8 Å². The van der Waals surface area contributed by atoms with Gasteiger partial charge in [0.05, 0.1) is 21.5 Å². The third kappa shape index (κ3) is 3.70. The number of nitro benzene ring substituents is 2. The number of carbonyl (C=O) groups is 1. The van der Waals surface area contributed by atoms with Crippen LogP contribution in [0, 0.1) is 34.1 Å². The first-order valence-electron chi connectivity index (χ1n) is 7.06. The van der Waals surface area contributed by atoms with Gasteiger partial charge in [0.25, 0.3) is 17.3 Å². The van der Waals surface area contributed by atoms with E-state index >= 15 is 0 Å². The molecule has 130 valence electrons. The first-order chi connectivity index (χ1) is 11.7. The number of non-ortho nitro benzene ring substituents is 1. The molecule has 2 aromatic rings. The summed E-state index contributed by atoms with van der Waals surface area (Å²) in [6, 6.07) is 7.05. The number of nitrogens with two attached hydrogens (primary N) is 1. The number of nitrogens with zero attached hydrogens (tertiary/aromatic N) is 2. The largest absolute Gasteiger partial charge is 0.349 e. The molecule has 0 fully saturated rings. The molecule has 0 saturated heterocycles. The lowest BCUT2D eigenvalue weighted by molar-refractivity contribution is -0.393. The smallest absolute Gasteiger partial charge is 0.300 e. The van der Waals surface area contributed by atoms with Crippen LogP contribution in [0.3, 0.4) is 0 Å². The molecule has 25 heavy (non-hydrogen) atoms. The average molecular weight is 345 g/mol.